The number of nitrogens with zero attached hydrogens (tertiary/aromatic N) is 1. The van der Waals surface area contributed by atoms with E-state index in [0.717, 1.165) is 23.3 Å². The van der Waals surface area contributed by atoms with Crippen LogP contribution in [-0.4, -0.2) is 18.7 Å². The molecule has 0 aliphatic carbocycles. The Morgan fingerprint density at radius 2 is 1.96 bits per heavy atom. The van der Waals surface area contributed by atoms with Crippen LogP contribution < -0.4 is 10.2 Å². The first-order chi connectivity index (χ1) is 11.0. The molecule has 2 aromatic rings. The third-order valence-corrected chi connectivity index (χ3v) is 3.05. The number of carbonyl (C=O) groups excluding carboxylic acids is 1. The molecule has 0 aliphatic heterocycles. The van der Waals surface area contributed by atoms with Crippen molar-refractivity contribution in [3.63, 3.8) is 0 Å². The van der Waals surface area contributed by atoms with Gasteiger partial charge in [0.05, 0.1) is 6.21 Å². The van der Waals surface area contributed by atoms with Gasteiger partial charge in [0.2, 0.25) is 0 Å². The molecule has 0 aliphatic rings. The Bertz CT molecular complexity index is 745. The SMILES string of the molecule is Cc1ccc(C)c(OCC(=O)N/N=C\c2ccc(F)c(F)c2)c1. The summed E-state index contributed by atoms with van der Waals surface area (Å²) in [5.41, 5.74) is 4.55. The maximum Gasteiger partial charge on any atom is 0.277 e. The van der Waals surface area contributed by atoms with Gasteiger partial charge in [-0.15, -0.1) is 0 Å². The van der Waals surface area contributed by atoms with Crippen molar-refractivity contribution in [1.29, 1.82) is 0 Å². The van der Waals surface area contributed by atoms with Crippen LogP contribution >= 0.6 is 0 Å². The number of rotatable bonds is 5. The second-order valence-electron chi connectivity index (χ2n) is 5.02. The number of ether oxygens (including phenoxy) is 1. The Labute approximate surface area is 132 Å². The molecular formula is C17H16F2N2O2. The summed E-state index contributed by atoms with van der Waals surface area (Å²) in [7, 11) is 0. The molecule has 120 valence electrons. The van der Waals surface area contributed by atoms with Gasteiger partial charge in [-0.25, -0.2) is 14.2 Å². The summed E-state index contributed by atoms with van der Waals surface area (Å²) < 4.78 is 31.2. The first kappa shape index (κ1) is 16.6. The predicted molar refractivity (Wildman–Crippen MR) is 83.5 cm³/mol. The van der Waals surface area contributed by atoms with Crippen LogP contribution in [0.1, 0.15) is 16.7 Å². The second kappa shape index (κ2) is 7.49. The lowest BCUT2D eigenvalue weighted by Crippen LogP contribution is -2.24. The molecule has 6 heteroatoms. The first-order valence-electron chi connectivity index (χ1n) is 6.92. The largest absolute Gasteiger partial charge is 0.483 e. The lowest BCUT2D eigenvalue weighted by Gasteiger charge is -2.08. The minimum absolute atomic E-state index is 0.195. The van der Waals surface area contributed by atoms with E-state index in [2.05, 4.69) is 10.5 Å². The smallest absolute Gasteiger partial charge is 0.277 e. The van der Waals surface area contributed by atoms with Gasteiger partial charge >= 0.3 is 0 Å². The van der Waals surface area contributed by atoms with Crippen molar-refractivity contribution < 1.29 is 18.3 Å². The quantitative estimate of drug-likeness (QED) is 0.680. The highest BCUT2D eigenvalue weighted by Gasteiger charge is 2.05. The second-order valence-corrected chi connectivity index (χ2v) is 5.02. The Morgan fingerprint density at radius 3 is 2.70 bits per heavy atom. The molecule has 0 heterocycles. The average molecular weight is 318 g/mol. The summed E-state index contributed by atoms with van der Waals surface area (Å²) in [4.78, 5) is 11.6. The molecule has 0 bridgehead atoms. The summed E-state index contributed by atoms with van der Waals surface area (Å²) >= 11 is 0. The fourth-order valence-corrected chi connectivity index (χ4v) is 1.81. The maximum atomic E-state index is 13.0. The van der Waals surface area contributed by atoms with E-state index in [1.54, 1.807) is 0 Å². The zero-order chi connectivity index (χ0) is 16.8. The van der Waals surface area contributed by atoms with Crippen molar-refractivity contribution >= 4 is 12.1 Å². The minimum atomic E-state index is -0.974. The van der Waals surface area contributed by atoms with E-state index < -0.39 is 17.5 Å². The highest BCUT2D eigenvalue weighted by molar-refractivity contribution is 5.82. The molecule has 2 rings (SSSR count). The molecule has 0 fully saturated rings. The van der Waals surface area contributed by atoms with E-state index >= 15 is 0 Å². The third kappa shape index (κ3) is 4.88. The van der Waals surface area contributed by atoms with Crippen molar-refractivity contribution in [1.82, 2.24) is 5.43 Å². The standard InChI is InChI=1S/C17H16F2N2O2/c1-11-3-4-12(2)16(7-11)23-10-17(22)21-20-9-13-5-6-14(18)15(19)8-13/h3-9H,10H2,1-2H3,(H,21,22)/b20-9-. The number of amides is 1. The molecule has 0 aromatic heterocycles. The molecule has 23 heavy (non-hydrogen) atoms. The highest BCUT2D eigenvalue weighted by atomic mass is 19.2. The van der Waals surface area contributed by atoms with E-state index in [1.807, 2.05) is 32.0 Å². The van der Waals surface area contributed by atoms with E-state index in [9.17, 15) is 13.6 Å². The zero-order valence-electron chi connectivity index (χ0n) is 12.8. The van der Waals surface area contributed by atoms with Crippen LogP contribution in [0.25, 0.3) is 0 Å². The summed E-state index contributed by atoms with van der Waals surface area (Å²) in [6.45, 7) is 3.62. The summed E-state index contributed by atoms with van der Waals surface area (Å²) in [5, 5.41) is 3.67. The lowest BCUT2D eigenvalue weighted by molar-refractivity contribution is -0.123. The lowest BCUT2D eigenvalue weighted by atomic mass is 10.1. The van der Waals surface area contributed by atoms with E-state index in [-0.39, 0.29) is 6.61 Å². The Morgan fingerprint density at radius 1 is 1.17 bits per heavy atom. The fourth-order valence-electron chi connectivity index (χ4n) is 1.81. The molecule has 0 radical (unpaired) electrons. The van der Waals surface area contributed by atoms with Crippen LogP contribution in [-0.2, 0) is 4.79 Å². The number of benzene rings is 2. The van der Waals surface area contributed by atoms with Crippen molar-refractivity contribution in [3.8, 4) is 5.75 Å². The van der Waals surface area contributed by atoms with Crippen molar-refractivity contribution in [3.05, 3.63) is 64.7 Å². The van der Waals surface area contributed by atoms with Crippen molar-refractivity contribution in [2.45, 2.75) is 13.8 Å². The molecule has 0 unspecified atom stereocenters. The number of aryl methyl sites for hydroxylation is 2. The summed E-state index contributed by atoms with van der Waals surface area (Å²) in [6.07, 6.45) is 1.22. The normalized spacial score (nSPS) is 10.8. The van der Waals surface area contributed by atoms with Gasteiger partial charge in [0.15, 0.2) is 18.2 Å². The molecule has 4 nitrogen and oxygen atoms in total. The van der Waals surface area contributed by atoms with E-state index in [0.29, 0.717) is 11.3 Å². The van der Waals surface area contributed by atoms with Crippen molar-refractivity contribution in [2.24, 2.45) is 5.10 Å². The molecular weight excluding hydrogens is 302 g/mol. The summed E-state index contributed by atoms with van der Waals surface area (Å²) in [6, 6.07) is 9.02. The van der Waals surface area contributed by atoms with Gasteiger partial charge in [0.25, 0.3) is 5.91 Å². The number of nitrogens with one attached hydrogen (secondary N) is 1. The molecule has 0 atom stereocenters. The topological polar surface area (TPSA) is 50.7 Å². The molecule has 2 aromatic carbocycles. The van der Waals surface area contributed by atoms with Crippen LogP contribution in [0.5, 0.6) is 5.75 Å². The molecule has 0 saturated carbocycles. The predicted octanol–water partition coefficient (Wildman–Crippen LogP) is 3.11. The number of hydrogen-bond donors (Lipinski definition) is 1. The van der Waals surface area contributed by atoms with Gasteiger partial charge in [0, 0.05) is 0 Å². The average Bonchev–Trinajstić information content (AvgIpc) is 2.52. The van der Waals surface area contributed by atoms with E-state index in [1.165, 1.54) is 12.3 Å². The van der Waals surface area contributed by atoms with Crippen LogP contribution in [0.15, 0.2) is 41.5 Å². The van der Waals surface area contributed by atoms with Gasteiger partial charge in [-0.2, -0.15) is 5.10 Å². The number of hydrazone groups is 1. The number of halogens is 2. The fraction of sp³-hybridized carbons (Fsp3) is 0.176. The first-order valence-corrected chi connectivity index (χ1v) is 6.92. The van der Waals surface area contributed by atoms with Crippen molar-refractivity contribution in [2.75, 3.05) is 6.61 Å². The van der Waals surface area contributed by atoms with Gasteiger partial charge in [-0.1, -0.05) is 18.2 Å². The Kier molecular flexibility index (Phi) is 5.41. The molecule has 1 N–H and O–H groups in total. The highest BCUT2D eigenvalue weighted by Crippen LogP contribution is 2.18. The molecule has 1 amide bonds. The van der Waals surface area contributed by atoms with Gasteiger partial charge in [0.1, 0.15) is 5.75 Å². The minimum Gasteiger partial charge on any atom is -0.483 e. The number of hydrogen-bond acceptors (Lipinski definition) is 3. The Balaban J connectivity index is 1.86. The van der Waals surface area contributed by atoms with Gasteiger partial charge < -0.3 is 4.74 Å². The Hall–Kier alpha value is -2.76. The number of carbonyl (C=O) groups is 1. The molecule has 0 saturated heterocycles. The van der Waals surface area contributed by atoms with Crippen LogP contribution in [0.4, 0.5) is 8.78 Å². The molecule has 0 spiro atoms. The van der Waals surface area contributed by atoms with Crippen LogP contribution in [0, 0.1) is 25.5 Å². The monoisotopic (exact) mass is 318 g/mol. The van der Waals surface area contributed by atoms with Crippen LogP contribution in [0.3, 0.4) is 0 Å². The third-order valence-electron chi connectivity index (χ3n) is 3.05. The summed E-state index contributed by atoms with van der Waals surface area (Å²) in [5.74, 6) is -1.74. The van der Waals surface area contributed by atoms with Gasteiger partial charge in [-0.3, -0.25) is 4.79 Å². The van der Waals surface area contributed by atoms with E-state index in [4.69, 9.17) is 4.74 Å². The van der Waals surface area contributed by atoms with Crippen LogP contribution in [0.2, 0.25) is 0 Å². The zero-order valence-corrected chi connectivity index (χ0v) is 12.8. The van der Waals surface area contributed by atoms with Gasteiger partial charge in [-0.05, 0) is 48.7 Å². The maximum absolute atomic E-state index is 13.0.